The molecule has 6 heteroatoms. The Hall–Kier alpha value is -1.59. The smallest absolute Gasteiger partial charge is 0.196 e. The molecular formula is C13H13ClN4S. The Balaban J connectivity index is 1.96. The largest absolute Gasteiger partial charge is 0.369 e. The van der Waals surface area contributed by atoms with Crippen LogP contribution in [0.15, 0.2) is 34.6 Å². The van der Waals surface area contributed by atoms with Gasteiger partial charge < -0.3 is 10.6 Å². The lowest BCUT2D eigenvalue weighted by atomic mass is 10.2. The first-order valence-corrected chi connectivity index (χ1v) is 7.17. The van der Waals surface area contributed by atoms with Gasteiger partial charge in [0.2, 0.25) is 0 Å². The van der Waals surface area contributed by atoms with Crippen LogP contribution in [-0.4, -0.2) is 17.5 Å². The van der Waals surface area contributed by atoms with Crippen molar-refractivity contribution in [1.29, 1.82) is 0 Å². The van der Waals surface area contributed by atoms with Crippen molar-refractivity contribution >= 4 is 34.6 Å². The second-order valence-electron chi connectivity index (χ2n) is 4.39. The average molecular weight is 293 g/mol. The fourth-order valence-electron chi connectivity index (χ4n) is 2.13. The summed E-state index contributed by atoms with van der Waals surface area (Å²) in [6.45, 7) is 2.63. The third-order valence-electron chi connectivity index (χ3n) is 3.01. The summed E-state index contributed by atoms with van der Waals surface area (Å²) >= 11 is 7.56. The summed E-state index contributed by atoms with van der Waals surface area (Å²) in [5.74, 6) is 0.528. The molecule has 0 amide bonds. The predicted molar refractivity (Wildman–Crippen MR) is 80.0 cm³/mol. The maximum Gasteiger partial charge on any atom is 0.196 e. The summed E-state index contributed by atoms with van der Waals surface area (Å²) in [6.07, 6.45) is 0. The minimum Gasteiger partial charge on any atom is -0.369 e. The van der Waals surface area contributed by atoms with Gasteiger partial charge in [0.1, 0.15) is 11.0 Å². The molecule has 0 saturated heterocycles. The van der Waals surface area contributed by atoms with Gasteiger partial charge in [0.15, 0.2) is 5.96 Å². The van der Waals surface area contributed by atoms with Gasteiger partial charge >= 0.3 is 0 Å². The van der Waals surface area contributed by atoms with E-state index in [9.17, 15) is 0 Å². The van der Waals surface area contributed by atoms with E-state index >= 15 is 0 Å². The predicted octanol–water partition coefficient (Wildman–Crippen LogP) is 2.98. The Bertz CT molecular complexity index is 620. The molecule has 2 aromatic rings. The number of anilines is 1. The van der Waals surface area contributed by atoms with E-state index in [1.54, 1.807) is 11.3 Å². The normalized spacial score (nSPS) is 18.7. The first-order chi connectivity index (χ1) is 9.15. The molecule has 1 aliphatic heterocycles. The number of halogens is 1. The lowest BCUT2D eigenvalue weighted by Crippen LogP contribution is -2.36. The van der Waals surface area contributed by atoms with Gasteiger partial charge in [0.25, 0.3) is 0 Å². The van der Waals surface area contributed by atoms with Gasteiger partial charge in [-0.15, -0.1) is 11.3 Å². The second-order valence-corrected chi connectivity index (χ2v) is 5.71. The maximum atomic E-state index is 6.00. The van der Waals surface area contributed by atoms with Crippen LogP contribution in [0.5, 0.6) is 0 Å². The van der Waals surface area contributed by atoms with E-state index in [1.807, 2.05) is 41.5 Å². The summed E-state index contributed by atoms with van der Waals surface area (Å²) in [7, 11) is 0. The molecule has 1 aliphatic rings. The highest BCUT2D eigenvalue weighted by molar-refractivity contribution is 7.09. The zero-order valence-corrected chi connectivity index (χ0v) is 11.9. The molecule has 1 atom stereocenters. The topological polar surface area (TPSA) is 54.5 Å². The number of benzene rings is 1. The lowest BCUT2D eigenvalue weighted by molar-refractivity contribution is 0.758. The summed E-state index contributed by atoms with van der Waals surface area (Å²) in [4.78, 5) is 10.9. The van der Waals surface area contributed by atoms with Gasteiger partial charge in [-0.3, -0.25) is 4.99 Å². The molecule has 2 heterocycles. The number of nitrogens with zero attached hydrogens (tertiary/aromatic N) is 3. The summed E-state index contributed by atoms with van der Waals surface area (Å²) in [5, 5.41) is 3.79. The van der Waals surface area contributed by atoms with Crippen molar-refractivity contribution in [2.75, 3.05) is 11.4 Å². The number of aliphatic imine (C=N–C) groups is 1. The number of rotatable bonds is 2. The Morgan fingerprint density at radius 1 is 1.37 bits per heavy atom. The molecule has 1 aromatic heterocycles. The fourth-order valence-corrected chi connectivity index (χ4v) is 3.13. The van der Waals surface area contributed by atoms with Gasteiger partial charge in [-0.25, -0.2) is 4.98 Å². The summed E-state index contributed by atoms with van der Waals surface area (Å²) < 4.78 is 0. The van der Waals surface area contributed by atoms with Crippen LogP contribution in [0.3, 0.4) is 0 Å². The van der Waals surface area contributed by atoms with Crippen molar-refractivity contribution in [3.05, 3.63) is 45.4 Å². The van der Waals surface area contributed by atoms with Crippen molar-refractivity contribution < 1.29 is 0 Å². The van der Waals surface area contributed by atoms with Crippen LogP contribution in [-0.2, 0) is 0 Å². The SMILES string of the molecule is Cc1csc(C2CN=C(N)N2c2ccc(Cl)cc2)n1. The standard InChI is InChI=1S/C13H13ClN4S/c1-8-7-19-12(17-8)11-6-16-13(15)18(11)10-4-2-9(14)3-5-10/h2-5,7,11H,6H2,1H3,(H2,15,16). The molecule has 3 rings (SSSR count). The van der Waals surface area contributed by atoms with Crippen molar-refractivity contribution in [3.63, 3.8) is 0 Å². The number of aryl methyl sites for hydroxylation is 1. The highest BCUT2D eigenvalue weighted by Crippen LogP contribution is 2.33. The molecule has 0 aliphatic carbocycles. The maximum absolute atomic E-state index is 6.00. The van der Waals surface area contributed by atoms with Crippen LogP contribution >= 0.6 is 22.9 Å². The summed E-state index contributed by atoms with van der Waals surface area (Å²) in [5.41, 5.74) is 8.02. The summed E-state index contributed by atoms with van der Waals surface area (Å²) in [6, 6.07) is 7.69. The average Bonchev–Trinajstić information content (AvgIpc) is 2.97. The van der Waals surface area contributed by atoms with Crippen molar-refractivity contribution in [1.82, 2.24) is 4.98 Å². The Kier molecular flexibility index (Phi) is 3.16. The molecule has 4 nitrogen and oxygen atoms in total. The molecule has 0 bridgehead atoms. The van der Waals surface area contributed by atoms with Gasteiger partial charge in [0, 0.05) is 21.8 Å². The molecule has 2 N–H and O–H groups in total. The van der Waals surface area contributed by atoms with E-state index < -0.39 is 0 Å². The molecule has 0 radical (unpaired) electrons. The molecule has 0 spiro atoms. The van der Waals surface area contributed by atoms with E-state index in [4.69, 9.17) is 17.3 Å². The fraction of sp³-hybridized carbons (Fsp3) is 0.231. The third-order valence-corrected chi connectivity index (χ3v) is 4.33. The molecule has 1 unspecified atom stereocenters. The third kappa shape index (κ3) is 2.31. The molecular weight excluding hydrogens is 280 g/mol. The highest BCUT2D eigenvalue weighted by Gasteiger charge is 2.30. The number of nitrogens with two attached hydrogens (primary N) is 1. The van der Waals surface area contributed by atoms with E-state index in [0.29, 0.717) is 17.5 Å². The van der Waals surface area contributed by atoms with E-state index in [2.05, 4.69) is 9.98 Å². The van der Waals surface area contributed by atoms with Crippen LogP contribution in [0.2, 0.25) is 5.02 Å². The Morgan fingerprint density at radius 2 is 2.11 bits per heavy atom. The molecule has 98 valence electrons. The number of guanidine groups is 1. The van der Waals surface area contributed by atoms with E-state index in [-0.39, 0.29) is 6.04 Å². The van der Waals surface area contributed by atoms with Crippen LogP contribution < -0.4 is 10.6 Å². The Morgan fingerprint density at radius 3 is 2.74 bits per heavy atom. The number of aromatic nitrogens is 1. The minimum absolute atomic E-state index is 0.0832. The van der Waals surface area contributed by atoms with E-state index in [1.165, 1.54) is 0 Å². The van der Waals surface area contributed by atoms with Gasteiger partial charge in [-0.1, -0.05) is 11.6 Å². The quantitative estimate of drug-likeness (QED) is 0.926. The van der Waals surface area contributed by atoms with Gasteiger partial charge in [0.05, 0.1) is 6.54 Å². The molecule has 0 fully saturated rings. The van der Waals surface area contributed by atoms with Crippen LogP contribution in [0, 0.1) is 6.92 Å². The number of hydrogen-bond donors (Lipinski definition) is 1. The second kappa shape index (κ2) is 4.83. The number of hydrogen-bond acceptors (Lipinski definition) is 5. The van der Waals surface area contributed by atoms with Crippen molar-refractivity contribution in [2.24, 2.45) is 10.7 Å². The number of thiazole rings is 1. The van der Waals surface area contributed by atoms with Crippen LogP contribution in [0.25, 0.3) is 0 Å². The molecule has 1 aromatic carbocycles. The van der Waals surface area contributed by atoms with Crippen molar-refractivity contribution in [2.45, 2.75) is 13.0 Å². The van der Waals surface area contributed by atoms with Gasteiger partial charge in [-0.2, -0.15) is 0 Å². The zero-order valence-electron chi connectivity index (χ0n) is 10.4. The van der Waals surface area contributed by atoms with Crippen LogP contribution in [0.1, 0.15) is 16.7 Å². The highest BCUT2D eigenvalue weighted by atomic mass is 35.5. The molecule has 0 saturated carbocycles. The van der Waals surface area contributed by atoms with Crippen molar-refractivity contribution in [3.8, 4) is 0 Å². The minimum atomic E-state index is 0.0832. The first kappa shape index (κ1) is 12.4. The monoisotopic (exact) mass is 292 g/mol. The van der Waals surface area contributed by atoms with Gasteiger partial charge in [-0.05, 0) is 31.2 Å². The molecule has 19 heavy (non-hydrogen) atoms. The zero-order chi connectivity index (χ0) is 13.4. The van der Waals surface area contributed by atoms with E-state index in [0.717, 1.165) is 16.4 Å². The van der Waals surface area contributed by atoms with Crippen LogP contribution in [0.4, 0.5) is 5.69 Å². The Labute approximate surface area is 120 Å². The first-order valence-electron chi connectivity index (χ1n) is 5.92. The lowest BCUT2D eigenvalue weighted by Gasteiger charge is -2.24.